The van der Waals surface area contributed by atoms with E-state index >= 15 is 0 Å². The van der Waals surface area contributed by atoms with Gasteiger partial charge >= 0.3 is 5.97 Å². The molecule has 1 aliphatic rings. The fraction of sp³-hybridized carbons (Fsp3) is 0.214. The van der Waals surface area contributed by atoms with Crippen LogP contribution < -0.4 is 10.1 Å². The summed E-state index contributed by atoms with van der Waals surface area (Å²) in [6, 6.07) is 7.69. The number of rotatable bonds is 4. The number of carbonyl (C=O) groups is 1. The van der Waals surface area contributed by atoms with E-state index < -0.39 is 5.97 Å². The van der Waals surface area contributed by atoms with E-state index in [1.165, 1.54) is 0 Å². The number of nitrogens with zero attached hydrogens (tertiary/aromatic N) is 2. The summed E-state index contributed by atoms with van der Waals surface area (Å²) in [6.07, 6.45) is 1.74. The molecule has 1 aromatic heterocycles. The maximum Gasteiger partial charge on any atom is 0.305 e. The van der Waals surface area contributed by atoms with Gasteiger partial charge in [0.15, 0.2) is 0 Å². The average molecular weight is 271 g/mol. The van der Waals surface area contributed by atoms with Crippen LogP contribution in [0.2, 0.25) is 0 Å². The Bertz CT molecular complexity index is 658. The molecular formula is C14H13N3O3. The normalized spacial score (nSPS) is 12.0. The molecule has 1 aromatic carbocycles. The van der Waals surface area contributed by atoms with Crippen molar-refractivity contribution in [3.63, 3.8) is 0 Å². The standard InChI is InChI=1S/C14H13N3O3/c18-12(19)5-6-15-14-16-7-9-8-20-11-4-2-1-3-10(11)13(9)17-14/h1-4,7H,5-6,8H2,(H,18,19)(H,15,16,17). The second-order valence-corrected chi connectivity index (χ2v) is 4.42. The number of aliphatic carboxylic acids is 1. The number of carboxylic acid groups (broad SMARTS) is 1. The third kappa shape index (κ3) is 2.40. The molecule has 0 bridgehead atoms. The van der Waals surface area contributed by atoms with E-state index in [2.05, 4.69) is 15.3 Å². The number of hydrogen-bond donors (Lipinski definition) is 2. The van der Waals surface area contributed by atoms with Crippen LogP contribution in [0.15, 0.2) is 30.5 Å². The van der Waals surface area contributed by atoms with Crippen LogP contribution in [-0.4, -0.2) is 27.6 Å². The quantitative estimate of drug-likeness (QED) is 0.883. The zero-order chi connectivity index (χ0) is 13.9. The maximum atomic E-state index is 10.5. The van der Waals surface area contributed by atoms with Gasteiger partial charge in [-0.25, -0.2) is 9.97 Å². The molecule has 2 aromatic rings. The van der Waals surface area contributed by atoms with Gasteiger partial charge in [-0.2, -0.15) is 0 Å². The Kier molecular flexibility index (Phi) is 3.20. The highest BCUT2D eigenvalue weighted by Gasteiger charge is 2.19. The Morgan fingerprint density at radius 2 is 2.25 bits per heavy atom. The first-order valence-electron chi connectivity index (χ1n) is 6.28. The Morgan fingerprint density at radius 1 is 1.40 bits per heavy atom. The summed E-state index contributed by atoms with van der Waals surface area (Å²) < 4.78 is 5.62. The molecule has 0 amide bonds. The number of benzene rings is 1. The van der Waals surface area contributed by atoms with Gasteiger partial charge < -0.3 is 15.2 Å². The molecule has 2 N–H and O–H groups in total. The molecule has 0 saturated heterocycles. The van der Waals surface area contributed by atoms with E-state index in [1.54, 1.807) is 6.20 Å². The first-order valence-corrected chi connectivity index (χ1v) is 6.28. The molecule has 3 rings (SSSR count). The highest BCUT2D eigenvalue weighted by atomic mass is 16.5. The Balaban J connectivity index is 1.87. The molecule has 0 unspecified atom stereocenters. The van der Waals surface area contributed by atoms with Gasteiger partial charge in [-0.05, 0) is 12.1 Å². The monoisotopic (exact) mass is 271 g/mol. The van der Waals surface area contributed by atoms with E-state index in [4.69, 9.17) is 9.84 Å². The van der Waals surface area contributed by atoms with E-state index in [0.29, 0.717) is 19.1 Å². The van der Waals surface area contributed by atoms with Crippen LogP contribution in [0.3, 0.4) is 0 Å². The van der Waals surface area contributed by atoms with Crippen molar-refractivity contribution < 1.29 is 14.6 Å². The minimum Gasteiger partial charge on any atom is -0.488 e. The second kappa shape index (κ2) is 5.16. The first kappa shape index (κ1) is 12.4. The zero-order valence-corrected chi connectivity index (χ0v) is 10.7. The van der Waals surface area contributed by atoms with E-state index in [0.717, 1.165) is 22.6 Å². The molecule has 0 fully saturated rings. The van der Waals surface area contributed by atoms with Gasteiger partial charge in [0.05, 0.1) is 12.1 Å². The van der Waals surface area contributed by atoms with Gasteiger partial charge in [0.2, 0.25) is 5.95 Å². The third-order valence-corrected chi connectivity index (χ3v) is 3.01. The number of anilines is 1. The minimum absolute atomic E-state index is 0.0279. The molecule has 6 nitrogen and oxygen atoms in total. The summed E-state index contributed by atoms with van der Waals surface area (Å²) in [5.41, 5.74) is 2.68. The fourth-order valence-electron chi connectivity index (χ4n) is 2.06. The van der Waals surface area contributed by atoms with Crippen LogP contribution in [0.25, 0.3) is 11.3 Å². The van der Waals surface area contributed by atoms with Crippen molar-refractivity contribution in [2.24, 2.45) is 0 Å². The van der Waals surface area contributed by atoms with Crippen molar-refractivity contribution in [2.45, 2.75) is 13.0 Å². The minimum atomic E-state index is -0.853. The number of fused-ring (bicyclic) bond motifs is 3. The first-order chi connectivity index (χ1) is 9.74. The Morgan fingerprint density at radius 3 is 3.10 bits per heavy atom. The molecule has 2 heterocycles. The van der Waals surface area contributed by atoms with Gasteiger partial charge in [-0.3, -0.25) is 4.79 Å². The molecule has 0 aliphatic carbocycles. The van der Waals surface area contributed by atoms with Crippen molar-refractivity contribution >= 4 is 11.9 Å². The zero-order valence-electron chi connectivity index (χ0n) is 10.7. The highest BCUT2D eigenvalue weighted by Crippen LogP contribution is 2.35. The third-order valence-electron chi connectivity index (χ3n) is 3.01. The summed E-state index contributed by atoms with van der Waals surface area (Å²) in [6.45, 7) is 0.744. The molecule has 20 heavy (non-hydrogen) atoms. The summed E-state index contributed by atoms with van der Waals surface area (Å²) in [4.78, 5) is 19.1. The van der Waals surface area contributed by atoms with E-state index in [1.807, 2.05) is 24.3 Å². The van der Waals surface area contributed by atoms with Gasteiger partial charge in [-0.1, -0.05) is 12.1 Å². The van der Waals surface area contributed by atoms with Crippen molar-refractivity contribution in [3.8, 4) is 17.0 Å². The number of para-hydroxylation sites is 1. The fourth-order valence-corrected chi connectivity index (χ4v) is 2.06. The van der Waals surface area contributed by atoms with Gasteiger partial charge in [0.25, 0.3) is 0 Å². The number of hydrogen-bond acceptors (Lipinski definition) is 5. The molecule has 0 atom stereocenters. The summed E-state index contributed by atoms with van der Waals surface area (Å²) in [7, 11) is 0. The smallest absolute Gasteiger partial charge is 0.305 e. The summed E-state index contributed by atoms with van der Waals surface area (Å²) in [5, 5.41) is 11.5. The predicted molar refractivity (Wildman–Crippen MR) is 72.5 cm³/mol. The molecule has 6 heteroatoms. The number of nitrogens with one attached hydrogen (secondary N) is 1. The van der Waals surface area contributed by atoms with Crippen LogP contribution in [0.1, 0.15) is 12.0 Å². The molecule has 0 spiro atoms. The lowest BCUT2D eigenvalue weighted by molar-refractivity contribution is -0.136. The largest absolute Gasteiger partial charge is 0.488 e. The van der Waals surface area contributed by atoms with Crippen molar-refractivity contribution in [2.75, 3.05) is 11.9 Å². The van der Waals surface area contributed by atoms with Crippen LogP contribution in [0, 0.1) is 0 Å². The van der Waals surface area contributed by atoms with Crippen LogP contribution >= 0.6 is 0 Å². The molecule has 0 saturated carbocycles. The number of aromatic nitrogens is 2. The Hall–Kier alpha value is -2.63. The summed E-state index contributed by atoms with van der Waals surface area (Å²) in [5.74, 6) is 0.381. The van der Waals surface area contributed by atoms with E-state index in [9.17, 15) is 4.79 Å². The summed E-state index contributed by atoms with van der Waals surface area (Å²) >= 11 is 0. The van der Waals surface area contributed by atoms with Gasteiger partial charge in [0.1, 0.15) is 12.4 Å². The molecule has 102 valence electrons. The van der Waals surface area contributed by atoms with Crippen molar-refractivity contribution in [1.82, 2.24) is 9.97 Å². The SMILES string of the molecule is O=C(O)CCNc1ncc2c(n1)-c1ccccc1OC2. The van der Waals surface area contributed by atoms with Gasteiger partial charge in [-0.15, -0.1) is 0 Å². The van der Waals surface area contributed by atoms with Crippen LogP contribution in [-0.2, 0) is 11.4 Å². The van der Waals surface area contributed by atoms with Crippen molar-refractivity contribution in [3.05, 3.63) is 36.0 Å². The molecular weight excluding hydrogens is 258 g/mol. The lowest BCUT2D eigenvalue weighted by Gasteiger charge is -2.19. The van der Waals surface area contributed by atoms with Crippen LogP contribution in [0.5, 0.6) is 5.75 Å². The lowest BCUT2D eigenvalue weighted by atomic mass is 10.0. The van der Waals surface area contributed by atoms with Crippen molar-refractivity contribution in [1.29, 1.82) is 0 Å². The average Bonchev–Trinajstić information content (AvgIpc) is 2.47. The highest BCUT2D eigenvalue weighted by molar-refractivity contribution is 5.72. The lowest BCUT2D eigenvalue weighted by Crippen LogP contribution is -2.13. The maximum absolute atomic E-state index is 10.5. The predicted octanol–water partition coefficient (Wildman–Crippen LogP) is 1.92. The number of carboxylic acids is 1. The van der Waals surface area contributed by atoms with E-state index in [-0.39, 0.29) is 6.42 Å². The topological polar surface area (TPSA) is 84.3 Å². The molecule has 1 aliphatic heterocycles. The van der Waals surface area contributed by atoms with Gasteiger partial charge in [0, 0.05) is 23.9 Å². The molecule has 0 radical (unpaired) electrons. The number of ether oxygens (including phenoxy) is 1. The van der Waals surface area contributed by atoms with Crippen LogP contribution in [0.4, 0.5) is 5.95 Å². The Labute approximate surface area is 115 Å². The second-order valence-electron chi connectivity index (χ2n) is 4.42.